The van der Waals surface area contributed by atoms with Crippen molar-refractivity contribution in [2.75, 3.05) is 0 Å². The van der Waals surface area contributed by atoms with Crippen molar-refractivity contribution < 1.29 is 44.6 Å². The molecule has 0 unspecified atom stereocenters. The number of hydrogen-bond donors (Lipinski definition) is 0. The molecule has 5 rings (SSSR count). The second-order valence-electron chi connectivity index (χ2n) is 10.7. The highest BCUT2D eigenvalue weighted by Crippen LogP contribution is 2.39. The molecule has 1 heterocycles. The first-order valence-corrected chi connectivity index (χ1v) is 14.6. The van der Waals surface area contributed by atoms with Crippen molar-refractivity contribution in [3.8, 4) is 45.0 Å². The van der Waals surface area contributed by atoms with E-state index in [-0.39, 0.29) is 11.1 Å². The minimum absolute atomic E-state index is 0.251. The van der Waals surface area contributed by atoms with Crippen LogP contribution in [0.5, 0.6) is 11.5 Å². The minimum atomic E-state index is -4.66. The quantitative estimate of drug-likeness (QED) is 0.0988. The minimum Gasteiger partial charge on any atom is -0.432 e. The maximum Gasteiger partial charge on any atom is 0.432 e. The summed E-state index contributed by atoms with van der Waals surface area (Å²) < 4.78 is 121. The van der Waals surface area contributed by atoms with Gasteiger partial charge in [0, 0.05) is 23.4 Å². The van der Waals surface area contributed by atoms with Crippen LogP contribution in [0.1, 0.15) is 37.3 Å². The zero-order valence-corrected chi connectivity index (χ0v) is 24.9. The van der Waals surface area contributed by atoms with E-state index in [0.29, 0.717) is 41.5 Å². The van der Waals surface area contributed by atoms with E-state index in [1.165, 1.54) is 12.1 Å². The van der Waals surface area contributed by atoms with Crippen LogP contribution < -0.4 is 9.47 Å². The molecule has 47 heavy (non-hydrogen) atoms. The summed E-state index contributed by atoms with van der Waals surface area (Å²) in [5, 5.41) is 0. The summed E-state index contributed by atoms with van der Waals surface area (Å²) in [7, 11) is 0. The van der Waals surface area contributed by atoms with Crippen molar-refractivity contribution in [3.63, 3.8) is 0 Å². The van der Waals surface area contributed by atoms with Gasteiger partial charge in [-0.1, -0.05) is 62.2 Å². The highest BCUT2D eigenvalue weighted by molar-refractivity contribution is 5.73. The number of aromatic nitrogens is 1. The largest absolute Gasteiger partial charge is 0.432 e. The summed E-state index contributed by atoms with van der Waals surface area (Å²) in [6, 6.07) is 17.8. The third-order valence-electron chi connectivity index (χ3n) is 7.39. The second kappa shape index (κ2) is 14.2. The molecule has 0 aliphatic heterocycles. The molecule has 1 aromatic heterocycles. The van der Waals surface area contributed by atoms with Gasteiger partial charge in [0.15, 0.2) is 11.6 Å². The molecule has 11 heteroatoms. The first-order chi connectivity index (χ1) is 22.4. The van der Waals surface area contributed by atoms with E-state index in [0.717, 1.165) is 48.6 Å². The number of halogens is 8. The standard InChI is InChI=1S/C36H27F8NO2/c1-2-3-4-5-21-6-14-32(45-20-21)23-9-7-22(8-10-23)24-11-13-27(28(37)16-24)25-17-30(39)34(31(40)18-25)36(43,44)47-26-12-15-33(29(38)19-26)46-35(41)42/h6-20,35H,2-5H2,1H3. The molecule has 0 aliphatic carbocycles. The maximum atomic E-state index is 15.2. The number of nitrogens with zero attached hydrogens (tertiary/aromatic N) is 1. The van der Waals surface area contributed by atoms with E-state index < -0.39 is 53.1 Å². The fourth-order valence-corrected chi connectivity index (χ4v) is 5.03. The van der Waals surface area contributed by atoms with Crippen molar-refractivity contribution in [2.24, 2.45) is 0 Å². The third kappa shape index (κ3) is 7.90. The SMILES string of the molecule is CCCCCc1ccc(-c2ccc(-c3ccc(-c4cc(F)c(C(F)(F)Oc5ccc(OC(F)F)c(F)c5)c(F)c4)c(F)c3)cc2)nc1. The Bertz CT molecular complexity index is 1820. The fourth-order valence-electron chi connectivity index (χ4n) is 5.03. The summed E-state index contributed by atoms with van der Waals surface area (Å²) in [5.41, 5.74) is 1.51. The van der Waals surface area contributed by atoms with E-state index >= 15 is 4.39 Å². The lowest BCUT2D eigenvalue weighted by atomic mass is 9.97. The van der Waals surface area contributed by atoms with Crippen LogP contribution in [-0.2, 0) is 12.5 Å². The number of ether oxygens (including phenoxy) is 2. The fraction of sp³-hybridized carbons (Fsp3) is 0.194. The Morgan fingerprint density at radius 3 is 1.94 bits per heavy atom. The number of unbranched alkanes of at least 4 members (excludes halogenated alkanes) is 2. The van der Waals surface area contributed by atoms with Crippen LogP contribution in [0.2, 0.25) is 0 Å². The van der Waals surface area contributed by atoms with Crippen LogP contribution in [-0.4, -0.2) is 11.6 Å². The molecular formula is C36H27F8NO2. The number of alkyl halides is 4. The molecule has 0 fully saturated rings. The zero-order chi connectivity index (χ0) is 33.7. The number of rotatable bonds is 12. The number of hydrogen-bond acceptors (Lipinski definition) is 3. The average Bonchev–Trinajstić information content (AvgIpc) is 3.02. The lowest BCUT2D eigenvalue weighted by Crippen LogP contribution is -2.25. The molecule has 0 bridgehead atoms. The third-order valence-corrected chi connectivity index (χ3v) is 7.39. The molecule has 0 aliphatic rings. The number of aryl methyl sites for hydroxylation is 1. The van der Waals surface area contributed by atoms with Gasteiger partial charge in [0.2, 0.25) is 0 Å². The topological polar surface area (TPSA) is 31.4 Å². The molecule has 3 nitrogen and oxygen atoms in total. The highest BCUT2D eigenvalue weighted by Gasteiger charge is 2.41. The Hall–Kier alpha value is -4.93. The van der Waals surface area contributed by atoms with E-state index in [1.54, 1.807) is 12.1 Å². The Morgan fingerprint density at radius 2 is 1.34 bits per heavy atom. The average molecular weight is 658 g/mol. The Balaban J connectivity index is 1.32. The van der Waals surface area contributed by atoms with E-state index in [4.69, 9.17) is 0 Å². The van der Waals surface area contributed by atoms with Crippen LogP contribution in [0.3, 0.4) is 0 Å². The molecule has 4 aromatic carbocycles. The van der Waals surface area contributed by atoms with Crippen molar-refractivity contribution in [2.45, 2.75) is 45.3 Å². The second-order valence-corrected chi connectivity index (χ2v) is 10.7. The number of pyridine rings is 1. The van der Waals surface area contributed by atoms with Gasteiger partial charge in [-0.3, -0.25) is 4.98 Å². The van der Waals surface area contributed by atoms with Crippen LogP contribution in [0.25, 0.3) is 33.5 Å². The van der Waals surface area contributed by atoms with Gasteiger partial charge in [-0.2, -0.15) is 17.6 Å². The van der Waals surface area contributed by atoms with Gasteiger partial charge >= 0.3 is 12.7 Å². The summed E-state index contributed by atoms with van der Waals surface area (Å²) in [6.07, 6.45) is 1.57. The van der Waals surface area contributed by atoms with Gasteiger partial charge in [-0.15, -0.1) is 0 Å². The van der Waals surface area contributed by atoms with Gasteiger partial charge in [0.25, 0.3) is 0 Å². The highest BCUT2D eigenvalue weighted by atomic mass is 19.3. The van der Waals surface area contributed by atoms with Crippen molar-refractivity contribution in [1.29, 1.82) is 0 Å². The van der Waals surface area contributed by atoms with Crippen LogP contribution in [0.4, 0.5) is 35.1 Å². The predicted molar refractivity (Wildman–Crippen MR) is 161 cm³/mol. The van der Waals surface area contributed by atoms with Crippen LogP contribution in [0, 0.1) is 23.3 Å². The van der Waals surface area contributed by atoms with Crippen LogP contribution in [0.15, 0.2) is 91.1 Å². The van der Waals surface area contributed by atoms with Crippen molar-refractivity contribution >= 4 is 0 Å². The lowest BCUT2D eigenvalue weighted by molar-refractivity contribution is -0.189. The van der Waals surface area contributed by atoms with Gasteiger partial charge in [-0.25, -0.2) is 17.6 Å². The molecule has 5 aromatic rings. The smallest absolute Gasteiger partial charge is 0.432 e. The van der Waals surface area contributed by atoms with E-state index in [2.05, 4.69) is 21.4 Å². The molecule has 0 N–H and O–H groups in total. The summed E-state index contributed by atoms with van der Waals surface area (Å²) in [4.78, 5) is 4.54. The first kappa shape index (κ1) is 33.4. The van der Waals surface area contributed by atoms with Gasteiger partial charge in [0.05, 0.1) is 5.69 Å². The molecule has 0 saturated heterocycles. The van der Waals surface area contributed by atoms with E-state index in [1.807, 2.05) is 30.5 Å². The predicted octanol–water partition coefficient (Wildman–Crippen LogP) is 11.1. The number of benzene rings is 4. The molecule has 0 amide bonds. The van der Waals surface area contributed by atoms with Crippen LogP contribution >= 0.6 is 0 Å². The normalized spacial score (nSPS) is 11.6. The van der Waals surface area contributed by atoms with Gasteiger partial charge in [-0.05, 0) is 71.5 Å². The monoisotopic (exact) mass is 657 g/mol. The molecular weight excluding hydrogens is 630 g/mol. The Labute approximate surface area is 265 Å². The summed E-state index contributed by atoms with van der Waals surface area (Å²) in [5.74, 6) is -7.71. The van der Waals surface area contributed by atoms with Gasteiger partial charge < -0.3 is 9.47 Å². The molecule has 244 valence electrons. The molecule has 0 spiro atoms. The lowest BCUT2D eigenvalue weighted by Gasteiger charge is -2.20. The van der Waals surface area contributed by atoms with Crippen molar-refractivity contribution in [3.05, 3.63) is 126 Å². The Kier molecular flexibility index (Phi) is 10.1. The summed E-state index contributed by atoms with van der Waals surface area (Å²) >= 11 is 0. The maximum absolute atomic E-state index is 15.2. The first-order valence-electron chi connectivity index (χ1n) is 14.6. The van der Waals surface area contributed by atoms with E-state index in [9.17, 15) is 30.7 Å². The Morgan fingerprint density at radius 1 is 0.681 bits per heavy atom. The molecule has 0 radical (unpaired) electrons. The molecule has 0 saturated carbocycles. The zero-order valence-electron chi connectivity index (χ0n) is 24.9. The summed E-state index contributed by atoms with van der Waals surface area (Å²) in [6.45, 7) is -1.23. The van der Waals surface area contributed by atoms with Crippen molar-refractivity contribution in [1.82, 2.24) is 4.98 Å². The molecule has 0 atom stereocenters. The van der Waals surface area contributed by atoms with Gasteiger partial charge in [0.1, 0.15) is 28.8 Å².